The third-order valence-corrected chi connectivity index (χ3v) is 3.52. The van der Waals surface area contributed by atoms with Crippen LogP contribution in [0.3, 0.4) is 0 Å². The molecule has 2 aromatic rings. The van der Waals surface area contributed by atoms with Gasteiger partial charge in [-0.15, -0.1) is 0 Å². The second-order valence-electron chi connectivity index (χ2n) is 4.92. The predicted octanol–water partition coefficient (Wildman–Crippen LogP) is 2.91. The minimum atomic E-state index is 0.662. The number of methoxy groups -OCH3 is 1. The summed E-state index contributed by atoms with van der Waals surface area (Å²) in [4.78, 5) is 8.69. The lowest BCUT2D eigenvalue weighted by atomic mass is 10.0. The highest BCUT2D eigenvalue weighted by Crippen LogP contribution is 2.41. The molecule has 0 radical (unpaired) electrons. The Morgan fingerprint density at radius 2 is 2.24 bits per heavy atom. The van der Waals surface area contributed by atoms with Crippen molar-refractivity contribution in [2.45, 2.75) is 19.8 Å². The molecule has 0 saturated heterocycles. The Morgan fingerprint density at radius 3 is 3.05 bits per heavy atom. The second-order valence-corrected chi connectivity index (χ2v) is 4.92. The maximum atomic E-state index is 5.77. The quantitative estimate of drug-likeness (QED) is 0.915. The van der Waals surface area contributed by atoms with Gasteiger partial charge >= 0.3 is 0 Å². The largest absolute Gasteiger partial charge is 0.492 e. The summed E-state index contributed by atoms with van der Waals surface area (Å²) in [6.45, 7) is 3.68. The van der Waals surface area contributed by atoms with E-state index in [1.54, 1.807) is 13.4 Å². The topological polar surface area (TPSA) is 56.3 Å². The summed E-state index contributed by atoms with van der Waals surface area (Å²) >= 11 is 0. The van der Waals surface area contributed by atoms with Crippen molar-refractivity contribution in [3.05, 3.63) is 30.1 Å². The van der Waals surface area contributed by atoms with E-state index in [1.165, 1.54) is 5.56 Å². The number of fused-ring (bicyclic) bond motifs is 1. The molecular weight excluding hydrogens is 266 g/mol. The van der Waals surface area contributed by atoms with E-state index in [0.717, 1.165) is 48.8 Å². The molecule has 0 amide bonds. The zero-order valence-corrected chi connectivity index (χ0v) is 12.3. The van der Waals surface area contributed by atoms with Gasteiger partial charge in [0, 0.05) is 18.5 Å². The monoisotopic (exact) mass is 285 g/mol. The maximum absolute atomic E-state index is 5.77. The van der Waals surface area contributed by atoms with Crippen LogP contribution >= 0.6 is 0 Å². The van der Waals surface area contributed by atoms with Crippen molar-refractivity contribution in [1.82, 2.24) is 9.97 Å². The van der Waals surface area contributed by atoms with Gasteiger partial charge in [-0.05, 0) is 18.1 Å². The average Bonchev–Trinajstić information content (AvgIpc) is 3.01. The first-order valence-electron chi connectivity index (χ1n) is 7.23. The molecule has 1 aliphatic rings. The lowest BCUT2D eigenvalue weighted by Crippen LogP contribution is -2.06. The molecule has 1 aliphatic heterocycles. The van der Waals surface area contributed by atoms with Crippen molar-refractivity contribution in [3.8, 4) is 22.8 Å². The van der Waals surface area contributed by atoms with Gasteiger partial charge in [0.05, 0.1) is 13.7 Å². The number of hydrogen-bond donors (Lipinski definition) is 1. The SMILES string of the molecule is CCCNc1ncnc(-c2cccc3c2OCC3)c1OC. The van der Waals surface area contributed by atoms with Gasteiger partial charge in [0.1, 0.15) is 17.8 Å². The normalized spacial score (nSPS) is 12.7. The molecule has 1 N–H and O–H groups in total. The number of anilines is 1. The third-order valence-electron chi connectivity index (χ3n) is 3.52. The van der Waals surface area contributed by atoms with Crippen LogP contribution in [0.25, 0.3) is 11.3 Å². The molecular formula is C16H19N3O2. The number of rotatable bonds is 5. The van der Waals surface area contributed by atoms with E-state index in [0.29, 0.717) is 5.75 Å². The van der Waals surface area contributed by atoms with Gasteiger partial charge < -0.3 is 14.8 Å². The molecule has 21 heavy (non-hydrogen) atoms. The lowest BCUT2D eigenvalue weighted by Gasteiger charge is -2.14. The number of para-hydroxylation sites is 1. The van der Waals surface area contributed by atoms with Gasteiger partial charge in [0.15, 0.2) is 11.6 Å². The van der Waals surface area contributed by atoms with E-state index in [-0.39, 0.29) is 0 Å². The summed E-state index contributed by atoms with van der Waals surface area (Å²) in [6.07, 6.45) is 3.52. The molecule has 2 heterocycles. The van der Waals surface area contributed by atoms with Crippen LogP contribution in [-0.2, 0) is 6.42 Å². The standard InChI is InChI=1S/C16H19N3O2/c1-3-8-17-16-15(20-2)13(18-10-19-16)12-6-4-5-11-7-9-21-14(11)12/h4-6,10H,3,7-9H2,1-2H3,(H,17,18,19). The number of ether oxygens (including phenoxy) is 2. The summed E-state index contributed by atoms with van der Waals surface area (Å²) in [6, 6.07) is 6.14. The Balaban J connectivity index is 2.08. The molecule has 0 saturated carbocycles. The highest BCUT2D eigenvalue weighted by atomic mass is 16.5. The Hall–Kier alpha value is -2.30. The molecule has 0 fully saturated rings. The average molecular weight is 285 g/mol. The van der Waals surface area contributed by atoms with E-state index in [1.807, 2.05) is 12.1 Å². The van der Waals surface area contributed by atoms with Crippen LogP contribution in [0.4, 0.5) is 5.82 Å². The molecule has 110 valence electrons. The van der Waals surface area contributed by atoms with Crippen molar-refractivity contribution >= 4 is 5.82 Å². The first kappa shape index (κ1) is 13.7. The number of benzene rings is 1. The van der Waals surface area contributed by atoms with Crippen molar-refractivity contribution in [2.24, 2.45) is 0 Å². The molecule has 5 heteroatoms. The van der Waals surface area contributed by atoms with Gasteiger partial charge in [-0.2, -0.15) is 0 Å². The zero-order valence-electron chi connectivity index (χ0n) is 12.3. The Bertz CT molecular complexity index is 643. The minimum Gasteiger partial charge on any atom is -0.492 e. The van der Waals surface area contributed by atoms with Crippen molar-refractivity contribution < 1.29 is 9.47 Å². The van der Waals surface area contributed by atoms with Crippen LogP contribution in [-0.4, -0.2) is 30.2 Å². The fourth-order valence-electron chi connectivity index (χ4n) is 2.53. The van der Waals surface area contributed by atoms with Crippen molar-refractivity contribution in [2.75, 3.05) is 25.6 Å². The van der Waals surface area contributed by atoms with Crippen LogP contribution in [0.2, 0.25) is 0 Å². The van der Waals surface area contributed by atoms with Crippen LogP contribution in [0.1, 0.15) is 18.9 Å². The van der Waals surface area contributed by atoms with Gasteiger partial charge in [0.25, 0.3) is 0 Å². The van der Waals surface area contributed by atoms with E-state index in [2.05, 4.69) is 28.3 Å². The predicted molar refractivity (Wildman–Crippen MR) is 82.0 cm³/mol. The summed E-state index contributed by atoms with van der Waals surface area (Å²) in [5.74, 6) is 2.30. The highest BCUT2D eigenvalue weighted by Gasteiger charge is 2.22. The second kappa shape index (κ2) is 5.99. The third kappa shape index (κ3) is 2.51. The van der Waals surface area contributed by atoms with Gasteiger partial charge in [-0.1, -0.05) is 19.1 Å². The van der Waals surface area contributed by atoms with E-state index in [9.17, 15) is 0 Å². The van der Waals surface area contributed by atoms with Crippen molar-refractivity contribution in [3.63, 3.8) is 0 Å². The molecule has 1 aromatic carbocycles. The van der Waals surface area contributed by atoms with E-state index in [4.69, 9.17) is 9.47 Å². The van der Waals surface area contributed by atoms with Gasteiger partial charge in [-0.3, -0.25) is 0 Å². The Morgan fingerprint density at radius 1 is 1.33 bits per heavy atom. The number of hydrogen-bond acceptors (Lipinski definition) is 5. The maximum Gasteiger partial charge on any atom is 0.187 e. The van der Waals surface area contributed by atoms with Crippen LogP contribution in [0, 0.1) is 0 Å². The summed E-state index contributed by atoms with van der Waals surface area (Å²) < 4.78 is 11.3. The number of nitrogens with zero attached hydrogens (tertiary/aromatic N) is 2. The van der Waals surface area contributed by atoms with Crippen molar-refractivity contribution in [1.29, 1.82) is 0 Å². The van der Waals surface area contributed by atoms with E-state index >= 15 is 0 Å². The van der Waals surface area contributed by atoms with Crippen LogP contribution in [0.15, 0.2) is 24.5 Å². The molecule has 0 spiro atoms. The smallest absolute Gasteiger partial charge is 0.187 e. The first-order chi connectivity index (χ1) is 10.3. The molecule has 1 aromatic heterocycles. The fourth-order valence-corrected chi connectivity index (χ4v) is 2.53. The summed E-state index contributed by atoms with van der Waals surface area (Å²) in [5.41, 5.74) is 2.95. The van der Waals surface area contributed by atoms with Gasteiger partial charge in [0.2, 0.25) is 0 Å². The Kier molecular flexibility index (Phi) is 3.90. The number of aromatic nitrogens is 2. The lowest BCUT2D eigenvalue weighted by molar-refractivity contribution is 0.357. The van der Waals surface area contributed by atoms with E-state index < -0.39 is 0 Å². The zero-order chi connectivity index (χ0) is 14.7. The van der Waals surface area contributed by atoms with Crippen LogP contribution in [0.5, 0.6) is 11.5 Å². The summed E-state index contributed by atoms with van der Waals surface area (Å²) in [7, 11) is 1.64. The molecule has 5 nitrogen and oxygen atoms in total. The molecule has 0 atom stereocenters. The minimum absolute atomic E-state index is 0.662. The van der Waals surface area contributed by atoms with Gasteiger partial charge in [-0.25, -0.2) is 9.97 Å². The Labute approximate surface area is 124 Å². The molecule has 0 aliphatic carbocycles. The summed E-state index contributed by atoms with van der Waals surface area (Å²) in [5, 5.41) is 3.27. The van der Waals surface area contributed by atoms with Crippen LogP contribution < -0.4 is 14.8 Å². The highest BCUT2D eigenvalue weighted by molar-refractivity contribution is 5.78. The molecule has 0 unspecified atom stereocenters. The molecule has 0 bridgehead atoms. The number of nitrogens with one attached hydrogen (secondary N) is 1. The fraction of sp³-hybridized carbons (Fsp3) is 0.375. The first-order valence-corrected chi connectivity index (χ1v) is 7.23. The molecule has 3 rings (SSSR count).